The minimum Gasteiger partial charge on any atom is -0.474 e. The number of fused-ring (bicyclic) bond motifs is 1. The van der Waals surface area contributed by atoms with Crippen LogP contribution in [0.25, 0.3) is 11.2 Å². The number of halogens is 3. The van der Waals surface area contributed by atoms with Gasteiger partial charge in [-0.2, -0.15) is 23.4 Å². The molecule has 4 N–H and O–H groups in total. The molecule has 1 unspecified atom stereocenters. The number of hydrogen-bond donors (Lipinski definition) is 4. The van der Waals surface area contributed by atoms with Crippen molar-refractivity contribution in [2.45, 2.75) is 76.0 Å². The predicted molar refractivity (Wildman–Crippen MR) is 185 cm³/mol. The zero-order chi connectivity index (χ0) is 39.9. The third-order valence-corrected chi connectivity index (χ3v) is 11.1. The largest absolute Gasteiger partial charge is 0.474 e. The number of aromatic amines is 1. The number of rotatable bonds is 18. The molecule has 9 atom stereocenters. The second-order valence-corrected chi connectivity index (χ2v) is 16.2. The highest BCUT2D eigenvalue weighted by Gasteiger charge is 2.52. The smallest absolute Gasteiger partial charge is 0.411 e. The zero-order valence-electron chi connectivity index (χ0n) is 29.0. The monoisotopic (exact) mass is 840 g/mol. The van der Waals surface area contributed by atoms with Gasteiger partial charge in [-0.15, -0.1) is 0 Å². The Morgan fingerprint density at radius 2 is 2.07 bits per heavy atom. The second-order valence-electron chi connectivity index (χ2n) is 12.5. The van der Waals surface area contributed by atoms with E-state index in [9.17, 15) is 42.6 Å². The molecule has 1 aliphatic heterocycles. The molecule has 0 spiro atoms. The Hall–Kier alpha value is -3.46. The van der Waals surface area contributed by atoms with Gasteiger partial charge in [-0.1, -0.05) is 13.8 Å². The van der Waals surface area contributed by atoms with E-state index in [-0.39, 0.29) is 55.5 Å². The molecule has 0 aromatic carbocycles. The van der Waals surface area contributed by atoms with E-state index in [1.165, 1.54) is 18.6 Å². The predicted octanol–water partition coefficient (Wildman–Crippen LogP) is 2.52. The molecule has 302 valence electrons. The van der Waals surface area contributed by atoms with Gasteiger partial charge in [-0.3, -0.25) is 33.5 Å². The van der Waals surface area contributed by atoms with E-state index >= 15 is 0 Å². The number of amides is 1. The van der Waals surface area contributed by atoms with Gasteiger partial charge >= 0.3 is 21.1 Å². The Morgan fingerprint density at radius 1 is 1.29 bits per heavy atom. The highest BCUT2D eigenvalue weighted by molar-refractivity contribution is 8.07. The zero-order valence-corrected chi connectivity index (χ0v) is 31.7. The summed E-state index contributed by atoms with van der Waals surface area (Å²) in [6, 6.07) is 3.39. The summed E-state index contributed by atoms with van der Waals surface area (Å²) < 4.78 is 93.8. The van der Waals surface area contributed by atoms with E-state index in [2.05, 4.69) is 30.2 Å². The number of aliphatic hydroxyl groups is 1. The van der Waals surface area contributed by atoms with Crippen molar-refractivity contribution < 1.29 is 64.8 Å². The minimum absolute atomic E-state index is 0.136. The minimum atomic E-state index is -4.83. The van der Waals surface area contributed by atoms with Crippen LogP contribution in [0.5, 0.6) is 5.88 Å². The van der Waals surface area contributed by atoms with Crippen molar-refractivity contribution in [3.05, 3.63) is 35.3 Å². The lowest BCUT2D eigenvalue weighted by Gasteiger charge is -2.31. The summed E-state index contributed by atoms with van der Waals surface area (Å²) in [5.41, 5.74) is -1.23. The van der Waals surface area contributed by atoms with Crippen LogP contribution in [0.4, 0.5) is 19.1 Å². The number of carbonyl (C=O) groups is 1. The lowest BCUT2D eigenvalue weighted by molar-refractivity contribution is -0.196. The number of ether oxygens (including phenoxy) is 3. The van der Waals surface area contributed by atoms with Crippen LogP contribution in [0, 0.1) is 23.2 Å². The molecular weight excluding hydrogens is 803 g/mol. The highest BCUT2D eigenvalue weighted by Crippen LogP contribution is 2.55. The molecule has 5 rings (SSSR count). The van der Waals surface area contributed by atoms with Gasteiger partial charge in [-0.25, -0.2) is 15.0 Å². The van der Waals surface area contributed by atoms with Crippen molar-refractivity contribution in [2.75, 3.05) is 31.7 Å². The van der Waals surface area contributed by atoms with Crippen molar-refractivity contribution in [2.24, 2.45) is 11.8 Å². The number of anilines is 1. The van der Waals surface area contributed by atoms with Crippen LogP contribution in [0.3, 0.4) is 0 Å². The molecule has 0 radical (unpaired) electrons. The molecule has 2 aliphatic rings. The Balaban J connectivity index is 1.48. The summed E-state index contributed by atoms with van der Waals surface area (Å²) in [6.07, 6.45) is -8.75. The third kappa shape index (κ3) is 11.3. The van der Waals surface area contributed by atoms with E-state index in [4.69, 9.17) is 44.1 Å². The second kappa shape index (κ2) is 18.7. The maximum atomic E-state index is 13.5. The van der Waals surface area contributed by atoms with E-state index < -0.39 is 94.4 Å². The molecular formula is C29H37F3N8O12P2S. The molecule has 1 amide bonds. The number of carbonyl (C=O) groups excluding carboxylic acids is 1. The third-order valence-electron chi connectivity index (χ3n) is 8.22. The molecule has 2 fully saturated rings. The maximum absolute atomic E-state index is 13.5. The van der Waals surface area contributed by atoms with Crippen LogP contribution in [-0.4, -0.2) is 109 Å². The van der Waals surface area contributed by atoms with E-state index in [0.29, 0.717) is 0 Å². The van der Waals surface area contributed by atoms with E-state index in [0.717, 1.165) is 10.9 Å². The van der Waals surface area contributed by atoms with Gasteiger partial charge < -0.3 is 37.8 Å². The number of nitriles is 1. The van der Waals surface area contributed by atoms with Crippen molar-refractivity contribution >= 4 is 49.8 Å². The van der Waals surface area contributed by atoms with Gasteiger partial charge in [0.15, 0.2) is 17.4 Å². The molecule has 3 aromatic heterocycles. The Bertz CT molecular complexity index is 1960. The van der Waals surface area contributed by atoms with Crippen molar-refractivity contribution in [3.8, 4) is 11.9 Å². The van der Waals surface area contributed by atoms with Crippen LogP contribution in [-0.2, 0) is 48.7 Å². The molecule has 55 heavy (non-hydrogen) atoms. The SMILES string of the molecule is CC(C)C(=O)Nc1nc2c(ncn2[C@@H]2O[C@H](CO)[C@@H](OCC(F)(F)F)[C@H]2O[P@@](=S)(OCCC#N)OC[C@H]2C[C@@H](Oc3ccncn3)C[C@@H]2O[PH](=O)O)c(=O)[nH]1. The van der Waals surface area contributed by atoms with Gasteiger partial charge in [0.2, 0.25) is 17.7 Å². The number of aliphatic hydroxyl groups excluding tert-OH is 1. The molecule has 1 saturated carbocycles. The summed E-state index contributed by atoms with van der Waals surface area (Å²) in [4.78, 5) is 53.5. The van der Waals surface area contributed by atoms with Gasteiger partial charge in [0.1, 0.15) is 37.4 Å². The number of H-pyrrole nitrogens is 1. The number of imidazole rings is 1. The summed E-state index contributed by atoms with van der Waals surface area (Å²) in [7, 11) is -3.45. The number of nitrogens with one attached hydrogen (secondary N) is 2. The van der Waals surface area contributed by atoms with Crippen LogP contribution in [0.15, 0.2) is 29.7 Å². The fraction of sp³-hybridized carbons (Fsp3) is 0.621. The Labute approximate surface area is 315 Å². The van der Waals surface area contributed by atoms with Crippen molar-refractivity contribution in [3.63, 3.8) is 0 Å². The number of hydrogen-bond acceptors (Lipinski definition) is 17. The summed E-state index contributed by atoms with van der Waals surface area (Å²) in [5.74, 6) is -1.69. The van der Waals surface area contributed by atoms with Crippen LogP contribution >= 0.6 is 15.0 Å². The van der Waals surface area contributed by atoms with Gasteiger partial charge in [0.05, 0.1) is 44.7 Å². The molecule has 0 bridgehead atoms. The van der Waals surface area contributed by atoms with Crippen LogP contribution in [0.1, 0.15) is 39.3 Å². The Morgan fingerprint density at radius 3 is 2.73 bits per heavy atom. The summed E-state index contributed by atoms with van der Waals surface area (Å²) in [5, 5.41) is 21.9. The van der Waals surface area contributed by atoms with Crippen LogP contribution in [0.2, 0.25) is 0 Å². The number of aromatic nitrogens is 6. The highest BCUT2D eigenvalue weighted by atomic mass is 32.5. The van der Waals surface area contributed by atoms with E-state index in [1.54, 1.807) is 13.8 Å². The lowest BCUT2D eigenvalue weighted by atomic mass is 10.1. The number of nitrogens with zero attached hydrogens (tertiary/aromatic N) is 6. The normalized spacial score (nSPS) is 25.8. The van der Waals surface area contributed by atoms with Crippen molar-refractivity contribution in [1.29, 1.82) is 5.26 Å². The first kappa shape index (κ1) is 42.7. The average molecular weight is 841 g/mol. The fourth-order valence-electron chi connectivity index (χ4n) is 5.76. The molecule has 3 aromatic rings. The first-order valence-corrected chi connectivity index (χ1v) is 20.4. The first-order chi connectivity index (χ1) is 26.1. The Kier molecular flexibility index (Phi) is 14.5. The number of alkyl halides is 3. The molecule has 4 heterocycles. The maximum Gasteiger partial charge on any atom is 0.411 e. The van der Waals surface area contributed by atoms with Gasteiger partial charge in [0.25, 0.3) is 5.56 Å². The lowest BCUT2D eigenvalue weighted by Crippen LogP contribution is -2.40. The molecule has 1 aliphatic carbocycles. The average Bonchev–Trinajstić information content (AvgIpc) is 3.81. The van der Waals surface area contributed by atoms with Crippen LogP contribution < -0.4 is 15.6 Å². The molecule has 26 heteroatoms. The topological polar surface area (TPSA) is 264 Å². The summed E-state index contributed by atoms with van der Waals surface area (Å²) >= 11 is 5.73. The standard InChI is InChI=1S/C29H37F3N8O12P2S/c1-15(2)25(42)38-28-37-24-21(26(43)39-28)36-14-40(24)27-23(22(19(10-41)50-27)46-12-29(30,31)32)52-54(55,47-7-3-5-33)48-11-16-8-17(9-18(16)51-53(44)45)49-20-4-6-34-13-35-20/h4,6,13-19,22-23,27,41,53H,3,7-12H2,1-2H3,(H,44,45)(H2,37,38,39,42,43)/t16-,17-,18+,19-,22-,23-,27-,54-/m1/s1. The van der Waals surface area contributed by atoms with Gasteiger partial charge in [-0.05, 0) is 18.2 Å². The van der Waals surface area contributed by atoms with E-state index in [1.807, 2.05) is 6.07 Å². The molecule has 20 nitrogen and oxygen atoms in total. The van der Waals surface area contributed by atoms with Gasteiger partial charge in [0, 0.05) is 30.5 Å². The van der Waals surface area contributed by atoms with Crippen molar-refractivity contribution in [1.82, 2.24) is 29.5 Å². The first-order valence-electron chi connectivity index (χ1n) is 16.6. The quantitative estimate of drug-likeness (QED) is 0.106. The summed E-state index contributed by atoms with van der Waals surface area (Å²) in [6.45, 7) is -4.30. The fourth-order valence-corrected chi connectivity index (χ4v) is 8.41. The molecule has 1 saturated heterocycles.